The lowest BCUT2D eigenvalue weighted by molar-refractivity contribution is 1.16. The Labute approximate surface area is 140 Å². The van der Waals surface area contributed by atoms with Crippen LogP contribution in [0.4, 0.5) is 0 Å². The first-order valence-electron chi connectivity index (χ1n) is 6.14. The van der Waals surface area contributed by atoms with Gasteiger partial charge in [0.1, 0.15) is 0 Å². The van der Waals surface area contributed by atoms with Gasteiger partial charge in [-0.1, -0.05) is 41.9 Å². The normalized spacial score (nSPS) is 12.8. The molecule has 0 fully saturated rings. The van der Waals surface area contributed by atoms with Crippen molar-refractivity contribution in [3.05, 3.63) is 68.0 Å². The van der Waals surface area contributed by atoms with E-state index in [-0.39, 0.29) is 5.38 Å². The second-order valence-corrected chi connectivity index (χ2v) is 7.20. The monoisotopic (exact) mass is 384 g/mol. The second kappa shape index (κ2) is 5.69. The molecule has 20 heavy (non-hydrogen) atoms. The predicted octanol–water partition coefficient (Wildman–Crippen LogP) is 6.95. The summed E-state index contributed by atoms with van der Waals surface area (Å²) < 4.78 is 2.32. The SMILES string of the molecule is Cc1cccc(C(Cl)c2csc3c(Br)cccc23)c1Cl. The summed E-state index contributed by atoms with van der Waals surface area (Å²) in [6.07, 6.45) is 0. The first kappa shape index (κ1) is 14.4. The van der Waals surface area contributed by atoms with E-state index in [0.29, 0.717) is 0 Å². The van der Waals surface area contributed by atoms with Crippen molar-refractivity contribution >= 4 is 60.6 Å². The Kier molecular flexibility index (Phi) is 4.09. The van der Waals surface area contributed by atoms with Crippen LogP contribution in [0.3, 0.4) is 0 Å². The maximum absolute atomic E-state index is 6.69. The van der Waals surface area contributed by atoms with Crippen molar-refractivity contribution in [3.63, 3.8) is 0 Å². The van der Waals surface area contributed by atoms with Crippen LogP contribution in [-0.4, -0.2) is 0 Å². The van der Waals surface area contributed by atoms with E-state index in [2.05, 4.69) is 27.4 Å². The zero-order valence-corrected chi connectivity index (χ0v) is 14.6. The number of aryl methyl sites for hydroxylation is 1. The molecule has 0 aliphatic rings. The van der Waals surface area contributed by atoms with Gasteiger partial charge in [0.2, 0.25) is 0 Å². The number of rotatable bonds is 2. The molecule has 0 amide bonds. The van der Waals surface area contributed by atoms with Crippen molar-refractivity contribution in [2.75, 3.05) is 0 Å². The van der Waals surface area contributed by atoms with Crippen LogP contribution < -0.4 is 0 Å². The van der Waals surface area contributed by atoms with Gasteiger partial charge in [-0.25, -0.2) is 0 Å². The van der Waals surface area contributed by atoms with E-state index in [1.807, 2.05) is 37.3 Å². The maximum atomic E-state index is 6.69. The predicted molar refractivity (Wildman–Crippen MR) is 93.4 cm³/mol. The van der Waals surface area contributed by atoms with Crippen molar-refractivity contribution in [1.29, 1.82) is 0 Å². The minimum atomic E-state index is -0.231. The third-order valence-corrected chi connectivity index (χ3v) is 6.31. The molecule has 2 aromatic carbocycles. The average molecular weight is 386 g/mol. The molecule has 0 bridgehead atoms. The highest BCUT2D eigenvalue weighted by molar-refractivity contribution is 9.10. The van der Waals surface area contributed by atoms with Gasteiger partial charge in [-0.2, -0.15) is 0 Å². The molecule has 0 radical (unpaired) electrons. The van der Waals surface area contributed by atoms with Crippen LogP contribution in [0.2, 0.25) is 5.02 Å². The van der Waals surface area contributed by atoms with Gasteiger partial charge >= 0.3 is 0 Å². The van der Waals surface area contributed by atoms with Gasteiger partial charge in [-0.05, 0) is 56.4 Å². The van der Waals surface area contributed by atoms with Crippen LogP contribution >= 0.6 is 50.5 Å². The highest BCUT2D eigenvalue weighted by Gasteiger charge is 2.19. The highest BCUT2D eigenvalue weighted by Crippen LogP contribution is 2.42. The third kappa shape index (κ3) is 2.39. The summed E-state index contributed by atoms with van der Waals surface area (Å²) in [6, 6.07) is 12.2. The van der Waals surface area contributed by atoms with Crippen LogP contribution in [0.15, 0.2) is 46.3 Å². The smallest absolute Gasteiger partial charge is 0.0863 e. The molecule has 1 atom stereocenters. The standard InChI is InChI=1S/C16H11BrCl2S/c1-9-4-2-6-11(14(9)18)15(19)12-8-20-16-10(12)5-3-7-13(16)17/h2-8,15H,1H3. The molecule has 4 heteroatoms. The van der Waals surface area contributed by atoms with Gasteiger partial charge in [0, 0.05) is 14.2 Å². The summed E-state index contributed by atoms with van der Waals surface area (Å²) in [7, 11) is 0. The zero-order valence-electron chi connectivity index (χ0n) is 10.7. The van der Waals surface area contributed by atoms with Gasteiger partial charge < -0.3 is 0 Å². The molecular weight excluding hydrogens is 375 g/mol. The number of thiophene rings is 1. The summed E-state index contributed by atoms with van der Waals surface area (Å²) in [5.74, 6) is 0. The van der Waals surface area contributed by atoms with E-state index in [1.54, 1.807) is 11.3 Å². The van der Waals surface area contributed by atoms with Crippen molar-refractivity contribution in [2.24, 2.45) is 0 Å². The van der Waals surface area contributed by atoms with Crippen molar-refractivity contribution in [1.82, 2.24) is 0 Å². The fraction of sp³-hybridized carbons (Fsp3) is 0.125. The summed E-state index contributed by atoms with van der Waals surface area (Å²) in [6.45, 7) is 2.00. The second-order valence-electron chi connectivity index (χ2n) is 4.65. The molecule has 3 rings (SSSR count). The van der Waals surface area contributed by atoms with Gasteiger partial charge in [-0.15, -0.1) is 22.9 Å². The molecule has 0 saturated heterocycles. The van der Waals surface area contributed by atoms with Crippen LogP contribution in [0.5, 0.6) is 0 Å². The Bertz CT molecular complexity index is 779. The van der Waals surface area contributed by atoms with Crippen LogP contribution in [0.1, 0.15) is 22.1 Å². The Morgan fingerprint density at radius 1 is 1.10 bits per heavy atom. The van der Waals surface area contributed by atoms with Crippen LogP contribution in [0.25, 0.3) is 10.1 Å². The van der Waals surface area contributed by atoms with Crippen molar-refractivity contribution in [3.8, 4) is 0 Å². The fourth-order valence-electron chi connectivity index (χ4n) is 2.27. The van der Waals surface area contributed by atoms with E-state index >= 15 is 0 Å². The Morgan fingerprint density at radius 3 is 2.65 bits per heavy atom. The first-order valence-corrected chi connectivity index (χ1v) is 8.63. The number of alkyl halides is 1. The van der Waals surface area contributed by atoms with Gasteiger partial charge in [-0.3, -0.25) is 0 Å². The van der Waals surface area contributed by atoms with Gasteiger partial charge in [0.25, 0.3) is 0 Å². The number of halogens is 3. The lowest BCUT2D eigenvalue weighted by atomic mass is 10.0. The average Bonchev–Trinajstić information content (AvgIpc) is 2.86. The topological polar surface area (TPSA) is 0 Å². The summed E-state index contributed by atoms with van der Waals surface area (Å²) >= 11 is 18.4. The molecule has 1 aromatic heterocycles. The van der Waals surface area contributed by atoms with E-state index in [0.717, 1.165) is 26.2 Å². The Morgan fingerprint density at radius 2 is 1.85 bits per heavy atom. The number of hydrogen-bond acceptors (Lipinski definition) is 1. The summed E-state index contributed by atoms with van der Waals surface area (Å²) in [5.41, 5.74) is 3.13. The van der Waals surface area contributed by atoms with Crippen molar-refractivity contribution < 1.29 is 0 Å². The first-order chi connectivity index (χ1) is 9.59. The van der Waals surface area contributed by atoms with Gasteiger partial charge in [0.05, 0.1) is 5.38 Å². The minimum absolute atomic E-state index is 0.231. The largest absolute Gasteiger partial charge is 0.142 e. The van der Waals surface area contributed by atoms with Crippen LogP contribution in [-0.2, 0) is 0 Å². The summed E-state index contributed by atoms with van der Waals surface area (Å²) in [4.78, 5) is 0. The van der Waals surface area contributed by atoms with Crippen LogP contribution in [0, 0.1) is 6.92 Å². The molecule has 0 saturated carbocycles. The molecule has 0 aliphatic heterocycles. The molecule has 102 valence electrons. The Hall–Kier alpha value is -0.540. The Balaban J connectivity index is 2.16. The molecule has 1 unspecified atom stereocenters. The quantitative estimate of drug-likeness (QED) is 0.418. The van der Waals surface area contributed by atoms with Gasteiger partial charge in [0.15, 0.2) is 0 Å². The number of benzene rings is 2. The number of hydrogen-bond donors (Lipinski definition) is 0. The molecule has 3 aromatic rings. The van der Waals surface area contributed by atoms with E-state index in [1.165, 1.54) is 10.1 Å². The molecule has 0 nitrogen and oxygen atoms in total. The van der Waals surface area contributed by atoms with E-state index in [4.69, 9.17) is 23.2 Å². The molecule has 0 spiro atoms. The molecular formula is C16H11BrCl2S. The zero-order chi connectivity index (χ0) is 14.3. The fourth-order valence-corrected chi connectivity index (χ4v) is 4.65. The lowest BCUT2D eigenvalue weighted by Crippen LogP contribution is -1.94. The van der Waals surface area contributed by atoms with E-state index in [9.17, 15) is 0 Å². The third-order valence-electron chi connectivity index (χ3n) is 3.35. The van der Waals surface area contributed by atoms with Crippen molar-refractivity contribution in [2.45, 2.75) is 12.3 Å². The number of fused-ring (bicyclic) bond motifs is 1. The summed E-state index contributed by atoms with van der Waals surface area (Å²) in [5, 5.41) is 3.82. The lowest BCUT2D eigenvalue weighted by Gasteiger charge is -2.13. The maximum Gasteiger partial charge on any atom is 0.0863 e. The molecule has 1 heterocycles. The minimum Gasteiger partial charge on any atom is -0.142 e. The molecule has 0 aliphatic carbocycles. The molecule has 0 N–H and O–H groups in total. The van der Waals surface area contributed by atoms with E-state index < -0.39 is 0 Å². The highest BCUT2D eigenvalue weighted by atomic mass is 79.9.